The number of anilines is 1. The number of carbonyl (C=O) groups is 2. The lowest BCUT2D eigenvalue weighted by Crippen LogP contribution is -2.49. The van der Waals surface area contributed by atoms with E-state index in [0.717, 1.165) is 16.9 Å². The molecule has 1 unspecified atom stereocenters. The minimum atomic E-state index is -0.508. The van der Waals surface area contributed by atoms with Crippen LogP contribution in [0.3, 0.4) is 0 Å². The Kier molecular flexibility index (Phi) is 9.08. The molecule has 2 fully saturated rings. The number of nitrogens with zero attached hydrogens (tertiary/aromatic N) is 4. The molecule has 4 aromatic rings. The van der Waals surface area contributed by atoms with Crippen molar-refractivity contribution in [3.05, 3.63) is 106 Å². The lowest BCUT2D eigenvalue weighted by atomic mass is 9.78. The fourth-order valence-corrected chi connectivity index (χ4v) is 7.18. The second-order valence-electron chi connectivity index (χ2n) is 13.3. The van der Waals surface area contributed by atoms with Crippen LogP contribution in [0.15, 0.2) is 77.7 Å². The molecule has 0 N–H and O–H groups in total. The van der Waals surface area contributed by atoms with E-state index in [1.165, 1.54) is 6.07 Å². The van der Waals surface area contributed by atoms with Gasteiger partial charge in [-0.05, 0) is 54.2 Å². The van der Waals surface area contributed by atoms with E-state index in [9.17, 15) is 14.4 Å². The van der Waals surface area contributed by atoms with E-state index in [2.05, 4.69) is 13.8 Å². The van der Waals surface area contributed by atoms with E-state index in [0.29, 0.717) is 69.9 Å². The first-order valence-electron chi connectivity index (χ1n) is 16.5. The van der Waals surface area contributed by atoms with Crippen molar-refractivity contribution in [2.75, 3.05) is 51.3 Å². The van der Waals surface area contributed by atoms with E-state index in [-0.39, 0.29) is 34.1 Å². The number of hydrogen-bond donors (Lipinski definition) is 0. The van der Waals surface area contributed by atoms with Gasteiger partial charge in [-0.1, -0.05) is 56.3 Å². The quantitative estimate of drug-likeness (QED) is 0.247. The summed E-state index contributed by atoms with van der Waals surface area (Å²) in [7, 11) is 1.64. The first-order chi connectivity index (χ1) is 22.6. The Labute approximate surface area is 275 Å². The van der Waals surface area contributed by atoms with Crippen LogP contribution in [0.5, 0.6) is 5.75 Å². The van der Waals surface area contributed by atoms with Gasteiger partial charge in [0, 0.05) is 69.7 Å². The minimum absolute atomic E-state index is 0.0521. The van der Waals surface area contributed by atoms with Gasteiger partial charge < -0.3 is 24.0 Å². The lowest BCUT2D eigenvalue weighted by molar-refractivity contribution is -0.131. The van der Waals surface area contributed by atoms with Gasteiger partial charge in [0.15, 0.2) is 0 Å². The zero-order valence-corrected chi connectivity index (χ0v) is 27.7. The van der Waals surface area contributed by atoms with Gasteiger partial charge in [0.2, 0.25) is 11.3 Å². The highest BCUT2D eigenvalue weighted by molar-refractivity contribution is 5.98. The summed E-state index contributed by atoms with van der Waals surface area (Å²) < 4.78 is 23.0. The van der Waals surface area contributed by atoms with Crippen molar-refractivity contribution in [3.8, 4) is 5.75 Å². The van der Waals surface area contributed by atoms with Gasteiger partial charge in [-0.15, -0.1) is 0 Å². The van der Waals surface area contributed by atoms with Crippen LogP contribution in [0.25, 0.3) is 10.9 Å². The average Bonchev–Trinajstić information content (AvgIpc) is 3.42. The third kappa shape index (κ3) is 6.48. The minimum Gasteiger partial charge on any atom is -0.497 e. The SMILES string of the molecule is CCn1cc(C(=O)N2CC(c3cccc(OC)c3)C(C)(C)C2)c(=O)c2cc(F)c(N3CCN(C(=O)CCc4ccccc4)CC3)cc21. The molecule has 2 saturated heterocycles. The third-order valence-corrected chi connectivity index (χ3v) is 9.89. The van der Waals surface area contributed by atoms with Gasteiger partial charge in [0.05, 0.1) is 18.3 Å². The van der Waals surface area contributed by atoms with Gasteiger partial charge >= 0.3 is 0 Å². The van der Waals surface area contributed by atoms with Crippen LogP contribution in [0, 0.1) is 11.2 Å². The predicted molar refractivity (Wildman–Crippen MR) is 183 cm³/mol. The smallest absolute Gasteiger partial charge is 0.259 e. The summed E-state index contributed by atoms with van der Waals surface area (Å²) in [5.41, 5.74) is 2.57. The van der Waals surface area contributed by atoms with Gasteiger partial charge in [-0.25, -0.2) is 4.39 Å². The van der Waals surface area contributed by atoms with E-state index in [4.69, 9.17) is 4.74 Å². The van der Waals surface area contributed by atoms with Crippen LogP contribution in [-0.4, -0.2) is 72.6 Å². The van der Waals surface area contributed by atoms with Gasteiger partial charge in [0.25, 0.3) is 5.91 Å². The molecule has 246 valence electrons. The van der Waals surface area contributed by atoms with Crippen molar-refractivity contribution in [3.63, 3.8) is 0 Å². The first-order valence-corrected chi connectivity index (χ1v) is 16.5. The van der Waals surface area contributed by atoms with Crippen LogP contribution in [0.1, 0.15) is 54.6 Å². The van der Waals surface area contributed by atoms with E-state index in [1.54, 1.807) is 24.3 Å². The molecule has 2 amide bonds. The Morgan fingerprint density at radius 3 is 2.40 bits per heavy atom. The van der Waals surface area contributed by atoms with Crippen LogP contribution in [0.2, 0.25) is 0 Å². The second-order valence-corrected chi connectivity index (χ2v) is 13.3. The topological polar surface area (TPSA) is 75.1 Å². The molecule has 0 spiro atoms. The summed E-state index contributed by atoms with van der Waals surface area (Å²) in [5, 5.41) is 0.191. The zero-order valence-electron chi connectivity index (χ0n) is 27.7. The number of benzene rings is 3. The highest BCUT2D eigenvalue weighted by atomic mass is 19.1. The third-order valence-electron chi connectivity index (χ3n) is 9.89. The van der Waals surface area contributed by atoms with Gasteiger partial charge in [-0.2, -0.15) is 0 Å². The van der Waals surface area contributed by atoms with E-state index in [1.807, 2.05) is 75.9 Å². The number of ether oxygens (including phenoxy) is 1. The molecule has 2 aliphatic rings. The van der Waals surface area contributed by atoms with Crippen LogP contribution in [-0.2, 0) is 17.8 Å². The number of aromatic nitrogens is 1. The highest BCUT2D eigenvalue weighted by Crippen LogP contribution is 2.43. The molecule has 0 bridgehead atoms. The first kappa shape index (κ1) is 32.3. The Hall–Kier alpha value is -4.66. The number of hydrogen-bond acceptors (Lipinski definition) is 5. The van der Waals surface area contributed by atoms with Gasteiger partial charge in [-0.3, -0.25) is 14.4 Å². The number of amides is 2. The Balaban J connectivity index is 1.20. The Bertz CT molecular complexity index is 1850. The van der Waals surface area contributed by atoms with Crippen molar-refractivity contribution < 1.29 is 18.7 Å². The summed E-state index contributed by atoms with van der Waals surface area (Å²) in [4.78, 5) is 46.1. The molecular weight excluding hydrogens is 595 g/mol. The molecule has 3 heterocycles. The summed E-state index contributed by atoms with van der Waals surface area (Å²) >= 11 is 0. The largest absolute Gasteiger partial charge is 0.497 e. The number of aryl methyl sites for hydroxylation is 2. The van der Waals surface area contributed by atoms with Gasteiger partial charge in [0.1, 0.15) is 17.1 Å². The molecule has 1 aromatic heterocycles. The maximum atomic E-state index is 15.7. The number of piperazine rings is 1. The number of pyridine rings is 1. The standard InChI is InChI=1S/C38H43FN4O4/c1-5-40-23-30(37(46)43-24-31(38(2,3)25-43)27-12-9-13-28(20-27)47-4)36(45)29-21-32(39)34(22-33(29)40)41-16-18-42(19-17-41)35(44)15-14-26-10-7-6-8-11-26/h6-13,20-23,31H,5,14-19,24-25H2,1-4H3. The molecule has 0 radical (unpaired) electrons. The van der Waals surface area contributed by atoms with Crippen molar-refractivity contribution in [1.29, 1.82) is 0 Å². The summed E-state index contributed by atoms with van der Waals surface area (Å²) in [6.07, 6.45) is 2.76. The van der Waals surface area contributed by atoms with Crippen molar-refractivity contribution in [2.45, 2.75) is 46.1 Å². The van der Waals surface area contributed by atoms with Crippen LogP contribution in [0.4, 0.5) is 10.1 Å². The highest BCUT2D eigenvalue weighted by Gasteiger charge is 2.43. The molecular formula is C38H43FN4O4. The molecule has 0 saturated carbocycles. The second kappa shape index (κ2) is 13.2. The van der Waals surface area contributed by atoms with E-state index >= 15 is 4.39 Å². The maximum Gasteiger partial charge on any atom is 0.259 e. The number of methoxy groups -OCH3 is 1. The average molecular weight is 639 g/mol. The number of halogens is 1. The summed E-state index contributed by atoms with van der Waals surface area (Å²) in [5.74, 6) is 0.0796. The molecule has 6 rings (SSSR count). The fraction of sp³-hybridized carbons (Fsp3) is 0.395. The summed E-state index contributed by atoms with van der Waals surface area (Å²) in [6.45, 7) is 9.66. The Morgan fingerprint density at radius 2 is 1.70 bits per heavy atom. The van der Waals surface area contributed by atoms with Crippen LogP contribution < -0.4 is 15.1 Å². The van der Waals surface area contributed by atoms with Crippen LogP contribution >= 0.6 is 0 Å². The molecule has 1 atom stereocenters. The monoisotopic (exact) mass is 638 g/mol. The Morgan fingerprint density at radius 1 is 0.957 bits per heavy atom. The number of carbonyl (C=O) groups excluding carboxylic acids is 2. The number of fused-ring (bicyclic) bond motifs is 1. The molecule has 8 nitrogen and oxygen atoms in total. The van der Waals surface area contributed by atoms with Crippen molar-refractivity contribution >= 4 is 28.4 Å². The number of rotatable bonds is 8. The van der Waals surface area contributed by atoms with Crippen molar-refractivity contribution in [1.82, 2.24) is 14.4 Å². The predicted octanol–water partition coefficient (Wildman–Crippen LogP) is 5.72. The molecule has 9 heteroatoms. The fourth-order valence-electron chi connectivity index (χ4n) is 7.18. The lowest BCUT2D eigenvalue weighted by Gasteiger charge is -2.36. The molecule has 2 aliphatic heterocycles. The molecule has 47 heavy (non-hydrogen) atoms. The number of likely N-dealkylation sites (tertiary alicyclic amines) is 1. The molecule has 3 aromatic carbocycles. The van der Waals surface area contributed by atoms with E-state index < -0.39 is 11.2 Å². The normalized spacial score (nSPS) is 17.7. The summed E-state index contributed by atoms with van der Waals surface area (Å²) in [6, 6.07) is 20.9. The van der Waals surface area contributed by atoms with Crippen molar-refractivity contribution in [2.24, 2.45) is 5.41 Å². The molecule has 0 aliphatic carbocycles. The maximum absolute atomic E-state index is 15.7. The zero-order chi connectivity index (χ0) is 33.3.